The Bertz CT molecular complexity index is 450. The molecular weight excluding hydrogens is 272 g/mol. The van der Waals surface area contributed by atoms with Gasteiger partial charge >= 0.3 is 0 Å². The molecular formula is C15H25ClN4. The normalized spacial score (nSPS) is 18.2. The summed E-state index contributed by atoms with van der Waals surface area (Å²) in [5.74, 6) is 1.60. The maximum Gasteiger partial charge on any atom is 0.137 e. The summed E-state index contributed by atoms with van der Waals surface area (Å²) < 4.78 is 0. The van der Waals surface area contributed by atoms with Gasteiger partial charge in [-0.15, -0.1) is 0 Å². The molecule has 2 heterocycles. The first-order chi connectivity index (χ1) is 9.34. The first-order valence-corrected chi connectivity index (χ1v) is 7.76. The smallest absolute Gasteiger partial charge is 0.137 e. The number of aromatic nitrogens is 2. The maximum atomic E-state index is 6.11. The summed E-state index contributed by atoms with van der Waals surface area (Å²) >= 11 is 6.11. The lowest BCUT2D eigenvalue weighted by molar-refractivity contribution is 0.327. The fourth-order valence-electron chi connectivity index (χ4n) is 2.48. The molecule has 1 N–H and O–H groups in total. The van der Waals surface area contributed by atoms with Crippen molar-refractivity contribution >= 4 is 17.4 Å². The van der Waals surface area contributed by atoms with E-state index in [0.29, 0.717) is 11.2 Å². The van der Waals surface area contributed by atoms with Crippen molar-refractivity contribution in [2.75, 3.05) is 25.0 Å². The lowest BCUT2D eigenvalue weighted by Crippen LogP contribution is -2.33. The number of hydrogen-bond donors (Lipinski definition) is 1. The summed E-state index contributed by atoms with van der Waals surface area (Å²) in [6, 6.07) is 2.16. The first-order valence-electron chi connectivity index (χ1n) is 7.38. The van der Waals surface area contributed by atoms with E-state index in [1.807, 2.05) is 0 Å². The quantitative estimate of drug-likeness (QED) is 0.865. The fraction of sp³-hybridized carbons (Fsp3) is 0.733. The van der Waals surface area contributed by atoms with Crippen LogP contribution in [0, 0.1) is 0 Å². The van der Waals surface area contributed by atoms with Gasteiger partial charge in [0.15, 0.2) is 0 Å². The van der Waals surface area contributed by atoms with Gasteiger partial charge in [-0.1, -0.05) is 32.4 Å². The van der Waals surface area contributed by atoms with Crippen molar-refractivity contribution in [1.82, 2.24) is 14.9 Å². The second-order valence-electron chi connectivity index (χ2n) is 6.70. The van der Waals surface area contributed by atoms with Crippen LogP contribution >= 0.6 is 11.6 Å². The molecule has 0 bridgehead atoms. The highest BCUT2D eigenvalue weighted by Gasteiger charge is 2.20. The molecule has 2 rings (SSSR count). The minimum atomic E-state index is -0.0977. The van der Waals surface area contributed by atoms with Gasteiger partial charge in [0.05, 0.1) is 0 Å². The largest absolute Gasteiger partial charge is 0.366 e. The van der Waals surface area contributed by atoms with E-state index in [1.54, 1.807) is 6.07 Å². The molecule has 1 saturated heterocycles. The molecule has 0 amide bonds. The van der Waals surface area contributed by atoms with E-state index in [1.165, 1.54) is 25.9 Å². The van der Waals surface area contributed by atoms with Crippen molar-refractivity contribution < 1.29 is 0 Å². The lowest BCUT2D eigenvalue weighted by Gasteiger charge is -2.23. The van der Waals surface area contributed by atoms with Gasteiger partial charge in [0.25, 0.3) is 0 Å². The molecule has 1 unspecified atom stereocenters. The zero-order chi connectivity index (χ0) is 14.8. The fourth-order valence-corrected chi connectivity index (χ4v) is 2.66. The van der Waals surface area contributed by atoms with Gasteiger partial charge in [0.2, 0.25) is 0 Å². The number of nitrogens with one attached hydrogen (secondary N) is 1. The molecule has 1 atom stereocenters. The minimum absolute atomic E-state index is 0.0977. The Kier molecular flexibility index (Phi) is 4.86. The van der Waals surface area contributed by atoms with Crippen molar-refractivity contribution in [2.24, 2.45) is 0 Å². The average molecular weight is 297 g/mol. The Morgan fingerprint density at radius 2 is 1.95 bits per heavy atom. The molecule has 4 nitrogen and oxygen atoms in total. The summed E-state index contributed by atoms with van der Waals surface area (Å²) in [6.07, 6.45) is 2.64. The van der Waals surface area contributed by atoms with Crippen LogP contribution in [0.1, 0.15) is 46.4 Å². The molecule has 0 saturated carbocycles. The van der Waals surface area contributed by atoms with Crippen LogP contribution in [0.3, 0.4) is 0 Å². The number of likely N-dealkylation sites (tertiary alicyclic amines) is 1. The van der Waals surface area contributed by atoms with Gasteiger partial charge in [-0.3, -0.25) is 0 Å². The van der Waals surface area contributed by atoms with Gasteiger partial charge in [-0.25, -0.2) is 9.97 Å². The van der Waals surface area contributed by atoms with Crippen molar-refractivity contribution in [2.45, 2.75) is 52.0 Å². The Balaban J connectivity index is 2.02. The molecule has 0 radical (unpaired) electrons. The second-order valence-corrected chi connectivity index (χ2v) is 7.09. The Morgan fingerprint density at radius 3 is 2.55 bits per heavy atom. The molecule has 20 heavy (non-hydrogen) atoms. The Labute approximate surface area is 126 Å². The van der Waals surface area contributed by atoms with Crippen LogP contribution in [0.25, 0.3) is 0 Å². The van der Waals surface area contributed by atoms with E-state index in [2.05, 4.69) is 47.9 Å². The predicted molar refractivity (Wildman–Crippen MR) is 84.5 cm³/mol. The average Bonchev–Trinajstić information content (AvgIpc) is 2.79. The molecule has 1 fully saturated rings. The summed E-state index contributed by atoms with van der Waals surface area (Å²) in [5, 5.41) is 3.95. The molecule has 5 heteroatoms. The molecule has 0 aliphatic carbocycles. The van der Waals surface area contributed by atoms with E-state index >= 15 is 0 Å². The molecule has 1 aromatic rings. The Morgan fingerprint density at radius 1 is 1.30 bits per heavy atom. The van der Waals surface area contributed by atoms with E-state index in [9.17, 15) is 0 Å². The van der Waals surface area contributed by atoms with Crippen molar-refractivity contribution in [3.8, 4) is 0 Å². The minimum Gasteiger partial charge on any atom is -0.366 e. The maximum absolute atomic E-state index is 6.11. The van der Waals surface area contributed by atoms with Crippen LogP contribution in [0.5, 0.6) is 0 Å². The van der Waals surface area contributed by atoms with E-state index in [4.69, 9.17) is 11.6 Å². The highest BCUT2D eigenvalue weighted by Crippen LogP contribution is 2.22. The zero-order valence-electron chi connectivity index (χ0n) is 12.9. The molecule has 1 aliphatic heterocycles. The van der Waals surface area contributed by atoms with Gasteiger partial charge in [0.1, 0.15) is 16.8 Å². The topological polar surface area (TPSA) is 41.0 Å². The standard InChI is InChI=1S/C15H25ClN4/c1-11(10-20-7-5-6-8-20)17-13-9-12(16)18-14(19-13)15(2,3)4/h9,11H,5-8,10H2,1-4H3,(H,17,18,19). The monoisotopic (exact) mass is 296 g/mol. The summed E-state index contributed by atoms with van der Waals surface area (Å²) in [7, 11) is 0. The Hall–Kier alpha value is -0.870. The van der Waals surface area contributed by atoms with E-state index in [-0.39, 0.29) is 5.41 Å². The molecule has 1 aromatic heterocycles. The predicted octanol–water partition coefficient (Wildman–Crippen LogP) is 3.32. The van der Waals surface area contributed by atoms with Crippen LogP contribution < -0.4 is 5.32 Å². The van der Waals surface area contributed by atoms with Crippen LogP contribution in [0.15, 0.2) is 6.07 Å². The van der Waals surface area contributed by atoms with Crippen LogP contribution in [-0.2, 0) is 5.41 Å². The van der Waals surface area contributed by atoms with Crippen LogP contribution in [0.2, 0.25) is 5.15 Å². The summed E-state index contributed by atoms with van der Waals surface area (Å²) in [5.41, 5.74) is -0.0977. The highest BCUT2D eigenvalue weighted by atomic mass is 35.5. The SMILES string of the molecule is CC(CN1CCCC1)Nc1cc(Cl)nc(C(C)(C)C)n1. The van der Waals surface area contributed by atoms with Crippen LogP contribution in [-0.4, -0.2) is 40.5 Å². The molecule has 112 valence electrons. The summed E-state index contributed by atoms with van der Waals surface area (Å²) in [4.78, 5) is 11.4. The van der Waals surface area contributed by atoms with Crippen LogP contribution in [0.4, 0.5) is 5.82 Å². The van der Waals surface area contributed by atoms with E-state index in [0.717, 1.165) is 18.2 Å². The van der Waals surface area contributed by atoms with Gasteiger partial charge < -0.3 is 10.2 Å². The second kappa shape index (κ2) is 6.27. The van der Waals surface area contributed by atoms with E-state index < -0.39 is 0 Å². The first kappa shape index (κ1) is 15.5. The number of nitrogens with zero attached hydrogens (tertiary/aromatic N) is 3. The highest BCUT2D eigenvalue weighted by molar-refractivity contribution is 6.29. The van der Waals surface area contributed by atoms with Crippen molar-refractivity contribution in [3.63, 3.8) is 0 Å². The molecule has 0 spiro atoms. The number of hydrogen-bond acceptors (Lipinski definition) is 4. The summed E-state index contributed by atoms with van der Waals surface area (Å²) in [6.45, 7) is 11.9. The van der Waals surface area contributed by atoms with Gasteiger partial charge in [0, 0.05) is 24.1 Å². The molecule has 1 aliphatic rings. The zero-order valence-corrected chi connectivity index (χ0v) is 13.7. The number of anilines is 1. The van der Waals surface area contributed by atoms with Gasteiger partial charge in [-0.2, -0.15) is 0 Å². The third-order valence-corrected chi connectivity index (χ3v) is 3.68. The van der Waals surface area contributed by atoms with Crippen molar-refractivity contribution in [3.05, 3.63) is 17.0 Å². The van der Waals surface area contributed by atoms with Crippen molar-refractivity contribution in [1.29, 1.82) is 0 Å². The third kappa shape index (κ3) is 4.32. The third-order valence-electron chi connectivity index (χ3n) is 3.49. The molecule has 0 aromatic carbocycles. The number of halogens is 1. The number of rotatable bonds is 4. The lowest BCUT2D eigenvalue weighted by atomic mass is 9.96. The van der Waals surface area contributed by atoms with Gasteiger partial charge in [-0.05, 0) is 32.9 Å².